The van der Waals surface area contributed by atoms with Crippen LogP contribution in [-0.2, 0) is 4.79 Å². The lowest BCUT2D eigenvalue weighted by molar-refractivity contribution is -0.111. The molecule has 1 amide bonds. The summed E-state index contributed by atoms with van der Waals surface area (Å²) in [6.45, 7) is 1.99. The van der Waals surface area contributed by atoms with Gasteiger partial charge in [0.2, 0.25) is 0 Å². The van der Waals surface area contributed by atoms with Crippen molar-refractivity contribution >= 4 is 39.2 Å². The van der Waals surface area contributed by atoms with E-state index in [4.69, 9.17) is 4.74 Å². The average molecular weight is 422 g/mol. The molecule has 0 unspecified atom stereocenters. The Kier molecular flexibility index (Phi) is 6.09. The number of aryl methyl sites for hydroxylation is 1. The molecule has 3 nitrogen and oxygen atoms in total. The van der Waals surface area contributed by atoms with Crippen molar-refractivity contribution in [1.82, 2.24) is 0 Å². The highest BCUT2D eigenvalue weighted by Crippen LogP contribution is 2.24. The van der Waals surface area contributed by atoms with Crippen LogP contribution in [0.5, 0.6) is 5.75 Å². The summed E-state index contributed by atoms with van der Waals surface area (Å²) in [5.41, 5.74) is 4.21. The Bertz CT molecular complexity index is 963. The van der Waals surface area contributed by atoms with Gasteiger partial charge >= 0.3 is 0 Å². The first kappa shape index (κ1) is 18.9. The van der Waals surface area contributed by atoms with E-state index in [1.165, 1.54) is 0 Å². The van der Waals surface area contributed by atoms with Crippen LogP contribution in [0.2, 0.25) is 0 Å². The van der Waals surface area contributed by atoms with Crippen molar-refractivity contribution in [2.45, 2.75) is 6.92 Å². The molecule has 27 heavy (non-hydrogen) atoms. The lowest BCUT2D eigenvalue weighted by Gasteiger charge is -2.11. The van der Waals surface area contributed by atoms with Gasteiger partial charge in [-0.1, -0.05) is 58.4 Å². The van der Waals surface area contributed by atoms with E-state index in [2.05, 4.69) is 21.2 Å². The van der Waals surface area contributed by atoms with Gasteiger partial charge in [0.25, 0.3) is 5.91 Å². The molecule has 0 aliphatic rings. The van der Waals surface area contributed by atoms with E-state index in [1.54, 1.807) is 7.11 Å². The van der Waals surface area contributed by atoms with Crippen molar-refractivity contribution in [2.75, 3.05) is 12.4 Å². The molecule has 0 bridgehead atoms. The van der Waals surface area contributed by atoms with Crippen LogP contribution in [0.4, 0.5) is 5.69 Å². The fourth-order valence-electron chi connectivity index (χ4n) is 2.69. The highest BCUT2D eigenvalue weighted by Gasteiger charge is 2.13. The van der Waals surface area contributed by atoms with Gasteiger partial charge in [-0.3, -0.25) is 4.79 Å². The van der Waals surface area contributed by atoms with Gasteiger partial charge in [0.1, 0.15) is 5.75 Å². The van der Waals surface area contributed by atoms with Gasteiger partial charge in [-0.15, -0.1) is 0 Å². The van der Waals surface area contributed by atoms with Crippen molar-refractivity contribution in [3.05, 3.63) is 94.0 Å². The van der Waals surface area contributed by atoms with E-state index in [9.17, 15) is 4.79 Å². The molecule has 0 aliphatic carbocycles. The van der Waals surface area contributed by atoms with Gasteiger partial charge in [0, 0.05) is 15.7 Å². The van der Waals surface area contributed by atoms with Crippen molar-refractivity contribution in [1.29, 1.82) is 0 Å². The number of rotatable bonds is 5. The van der Waals surface area contributed by atoms with Crippen LogP contribution in [0.25, 0.3) is 11.6 Å². The summed E-state index contributed by atoms with van der Waals surface area (Å²) in [6, 6.07) is 23.0. The third kappa shape index (κ3) is 4.86. The number of carbonyl (C=O) groups excluding carboxylic acids is 1. The highest BCUT2D eigenvalue weighted by atomic mass is 79.9. The van der Waals surface area contributed by atoms with Crippen molar-refractivity contribution in [3.63, 3.8) is 0 Å². The molecule has 0 saturated carbocycles. The summed E-state index contributed by atoms with van der Waals surface area (Å²) in [4.78, 5) is 13.0. The molecule has 0 saturated heterocycles. The number of benzene rings is 3. The number of methoxy groups -OCH3 is 1. The Hall–Kier alpha value is -2.85. The molecule has 0 spiro atoms. The maximum atomic E-state index is 13.0. The summed E-state index contributed by atoms with van der Waals surface area (Å²) in [5.74, 6) is 0.627. The minimum atomic E-state index is -0.154. The largest absolute Gasteiger partial charge is 0.497 e. The van der Waals surface area contributed by atoms with Crippen LogP contribution >= 0.6 is 15.9 Å². The lowest BCUT2D eigenvalue weighted by Crippen LogP contribution is -2.13. The number of anilines is 1. The number of carbonyl (C=O) groups is 1. The summed E-state index contributed by atoms with van der Waals surface area (Å²) in [7, 11) is 1.63. The fraction of sp³-hybridized carbons (Fsp3) is 0.0870. The highest BCUT2D eigenvalue weighted by molar-refractivity contribution is 9.10. The third-order valence-corrected chi connectivity index (χ3v) is 5.06. The van der Waals surface area contributed by atoms with Gasteiger partial charge in [0.15, 0.2) is 0 Å². The fourth-order valence-corrected chi connectivity index (χ4v) is 2.93. The van der Waals surface area contributed by atoms with Crippen LogP contribution < -0.4 is 10.1 Å². The first-order chi connectivity index (χ1) is 13.1. The van der Waals surface area contributed by atoms with Gasteiger partial charge in [-0.2, -0.15) is 0 Å². The second-order valence-corrected chi connectivity index (χ2v) is 6.97. The first-order valence-corrected chi connectivity index (χ1v) is 9.35. The Labute approximate surface area is 167 Å². The molecule has 0 aromatic heterocycles. The van der Waals surface area contributed by atoms with E-state index in [1.807, 2.05) is 85.8 Å². The summed E-state index contributed by atoms with van der Waals surface area (Å²) in [5, 5.41) is 3.00. The van der Waals surface area contributed by atoms with Gasteiger partial charge in [0.05, 0.1) is 7.11 Å². The monoisotopic (exact) mass is 421 g/mol. The molecule has 4 heteroatoms. The summed E-state index contributed by atoms with van der Waals surface area (Å²) >= 11 is 3.48. The number of hydrogen-bond acceptors (Lipinski definition) is 2. The van der Waals surface area contributed by atoms with Gasteiger partial charge in [-0.05, 0) is 60.0 Å². The maximum Gasteiger partial charge on any atom is 0.256 e. The molecular weight excluding hydrogens is 402 g/mol. The predicted octanol–water partition coefficient (Wildman–Crippen LogP) is 5.95. The molecule has 136 valence electrons. The van der Waals surface area contributed by atoms with Gasteiger partial charge in [-0.25, -0.2) is 0 Å². The molecule has 0 heterocycles. The zero-order valence-electron chi connectivity index (χ0n) is 15.2. The van der Waals surface area contributed by atoms with Crippen LogP contribution in [0, 0.1) is 6.92 Å². The standard InChI is InChI=1S/C23H20BrNO2/c1-16-14-19(10-13-22(16)24)25-23(26)21(18-6-4-3-5-7-18)15-17-8-11-20(27-2)12-9-17/h3-15H,1-2H3,(H,25,26)/b21-15+. The number of nitrogens with one attached hydrogen (secondary N) is 1. The maximum absolute atomic E-state index is 13.0. The molecule has 1 N–H and O–H groups in total. The summed E-state index contributed by atoms with van der Waals surface area (Å²) < 4.78 is 6.21. The minimum absolute atomic E-state index is 0.154. The Balaban J connectivity index is 1.94. The normalized spacial score (nSPS) is 11.1. The third-order valence-electron chi connectivity index (χ3n) is 4.17. The van der Waals surface area contributed by atoms with Crippen LogP contribution in [0.15, 0.2) is 77.3 Å². The van der Waals surface area contributed by atoms with E-state index in [0.717, 1.165) is 32.6 Å². The van der Waals surface area contributed by atoms with Crippen molar-refractivity contribution in [3.8, 4) is 5.75 Å². The van der Waals surface area contributed by atoms with Crippen LogP contribution in [-0.4, -0.2) is 13.0 Å². The molecule has 3 aromatic rings. The zero-order chi connectivity index (χ0) is 19.2. The van der Waals surface area contributed by atoms with E-state index in [-0.39, 0.29) is 5.91 Å². The Morgan fingerprint density at radius 3 is 2.33 bits per heavy atom. The molecule has 3 rings (SSSR count). The molecule has 0 fully saturated rings. The zero-order valence-corrected chi connectivity index (χ0v) is 16.8. The Morgan fingerprint density at radius 2 is 1.70 bits per heavy atom. The summed E-state index contributed by atoms with van der Waals surface area (Å²) in [6.07, 6.45) is 1.88. The van der Waals surface area contributed by atoms with E-state index >= 15 is 0 Å². The van der Waals surface area contributed by atoms with Crippen LogP contribution in [0.1, 0.15) is 16.7 Å². The number of amides is 1. The second-order valence-electron chi connectivity index (χ2n) is 6.12. The first-order valence-electron chi connectivity index (χ1n) is 8.55. The smallest absolute Gasteiger partial charge is 0.256 e. The SMILES string of the molecule is COc1ccc(/C=C(/C(=O)Nc2ccc(Br)c(C)c2)c2ccccc2)cc1. The second kappa shape index (κ2) is 8.69. The number of ether oxygens (including phenoxy) is 1. The average Bonchev–Trinajstić information content (AvgIpc) is 2.70. The molecule has 0 aliphatic heterocycles. The molecule has 0 radical (unpaired) electrons. The van der Waals surface area contributed by atoms with Gasteiger partial charge < -0.3 is 10.1 Å². The topological polar surface area (TPSA) is 38.3 Å². The number of hydrogen-bond donors (Lipinski definition) is 1. The van der Waals surface area contributed by atoms with E-state index in [0.29, 0.717) is 5.57 Å². The minimum Gasteiger partial charge on any atom is -0.497 e. The van der Waals surface area contributed by atoms with E-state index < -0.39 is 0 Å². The molecular formula is C23H20BrNO2. The molecule has 3 aromatic carbocycles. The number of halogens is 1. The Morgan fingerprint density at radius 1 is 1.00 bits per heavy atom. The van der Waals surface area contributed by atoms with Crippen LogP contribution in [0.3, 0.4) is 0 Å². The quantitative estimate of drug-likeness (QED) is 0.408. The lowest BCUT2D eigenvalue weighted by atomic mass is 10.0. The van der Waals surface area contributed by atoms with Crippen molar-refractivity contribution in [2.24, 2.45) is 0 Å². The predicted molar refractivity (Wildman–Crippen MR) is 115 cm³/mol. The molecule has 0 atom stereocenters. The van der Waals surface area contributed by atoms with Crippen molar-refractivity contribution < 1.29 is 9.53 Å².